The van der Waals surface area contributed by atoms with Gasteiger partial charge in [0.25, 0.3) is 0 Å². The van der Waals surface area contributed by atoms with Gasteiger partial charge in [-0.25, -0.2) is 9.59 Å². The van der Waals surface area contributed by atoms with Gasteiger partial charge in [0.05, 0.1) is 11.1 Å². The molecule has 0 fully saturated rings. The lowest BCUT2D eigenvalue weighted by atomic mass is 10.0. The van der Waals surface area contributed by atoms with Crippen molar-refractivity contribution >= 4 is 11.9 Å². The third-order valence-electron chi connectivity index (χ3n) is 4.25. The van der Waals surface area contributed by atoms with Crippen LogP contribution in [0.1, 0.15) is 104 Å². The smallest absolute Gasteiger partial charge is 0.335 e. The van der Waals surface area contributed by atoms with Gasteiger partial charge in [0, 0.05) is 0 Å². The SMILES string of the molecule is CCCCCCCCCCCC.Cc1c(C(=O)O)cccc1C(=O)O. The average Bonchev–Trinajstić information content (AvgIpc) is 2.57. The van der Waals surface area contributed by atoms with Crippen molar-refractivity contribution in [3.8, 4) is 0 Å². The zero-order valence-corrected chi connectivity index (χ0v) is 16.0. The van der Waals surface area contributed by atoms with Crippen molar-refractivity contribution in [3.63, 3.8) is 0 Å². The van der Waals surface area contributed by atoms with Gasteiger partial charge in [-0.1, -0.05) is 84.1 Å². The first kappa shape index (κ1) is 23.2. The second-order valence-electron chi connectivity index (χ2n) is 6.42. The number of carboxylic acid groups (broad SMARTS) is 2. The highest BCUT2D eigenvalue weighted by molar-refractivity contribution is 5.96. The number of hydrogen-bond donors (Lipinski definition) is 2. The molecule has 0 aliphatic carbocycles. The Morgan fingerprint density at radius 1 is 0.720 bits per heavy atom. The van der Waals surface area contributed by atoms with Crippen LogP contribution in [0.3, 0.4) is 0 Å². The van der Waals surface area contributed by atoms with E-state index < -0.39 is 11.9 Å². The summed E-state index contributed by atoms with van der Waals surface area (Å²) >= 11 is 0. The minimum absolute atomic E-state index is 0.0277. The molecule has 0 saturated carbocycles. The van der Waals surface area contributed by atoms with E-state index in [1.807, 2.05) is 0 Å². The molecular formula is C21H34O4. The van der Waals surface area contributed by atoms with Crippen LogP contribution < -0.4 is 0 Å². The van der Waals surface area contributed by atoms with Gasteiger partial charge in [-0.15, -0.1) is 0 Å². The summed E-state index contributed by atoms with van der Waals surface area (Å²) in [4.78, 5) is 21.2. The topological polar surface area (TPSA) is 74.6 Å². The molecule has 0 unspecified atom stereocenters. The molecule has 4 nitrogen and oxygen atoms in total. The fourth-order valence-electron chi connectivity index (χ4n) is 2.66. The maximum Gasteiger partial charge on any atom is 0.335 e. The number of rotatable bonds is 11. The largest absolute Gasteiger partial charge is 0.478 e. The van der Waals surface area contributed by atoms with Crippen molar-refractivity contribution < 1.29 is 19.8 Å². The Kier molecular flexibility index (Phi) is 13.4. The zero-order valence-electron chi connectivity index (χ0n) is 16.0. The van der Waals surface area contributed by atoms with E-state index in [1.165, 1.54) is 89.3 Å². The van der Waals surface area contributed by atoms with E-state index in [0.29, 0.717) is 0 Å². The predicted molar refractivity (Wildman–Crippen MR) is 103 cm³/mol. The summed E-state index contributed by atoms with van der Waals surface area (Å²) in [5, 5.41) is 17.4. The molecule has 0 spiro atoms. The molecule has 0 bridgehead atoms. The van der Waals surface area contributed by atoms with Crippen LogP contribution in [-0.2, 0) is 0 Å². The average molecular weight is 350 g/mol. The van der Waals surface area contributed by atoms with E-state index in [2.05, 4.69) is 13.8 Å². The molecule has 0 radical (unpaired) electrons. The summed E-state index contributed by atoms with van der Waals surface area (Å²) in [5.41, 5.74) is 0.335. The van der Waals surface area contributed by atoms with Crippen molar-refractivity contribution in [1.29, 1.82) is 0 Å². The molecule has 142 valence electrons. The molecule has 4 heteroatoms. The van der Waals surface area contributed by atoms with Crippen molar-refractivity contribution in [2.75, 3.05) is 0 Å². The Balaban J connectivity index is 0.000000463. The highest BCUT2D eigenvalue weighted by atomic mass is 16.4. The number of carboxylic acids is 2. The summed E-state index contributed by atoms with van der Waals surface area (Å²) in [7, 11) is 0. The van der Waals surface area contributed by atoms with Crippen molar-refractivity contribution in [3.05, 3.63) is 34.9 Å². The van der Waals surface area contributed by atoms with Gasteiger partial charge in [0.2, 0.25) is 0 Å². The first-order valence-corrected chi connectivity index (χ1v) is 9.51. The normalized spacial score (nSPS) is 10.0. The third kappa shape index (κ3) is 10.6. The maximum atomic E-state index is 10.6. The van der Waals surface area contributed by atoms with Gasteiger partial charge < -0.3 is 10.2 Å². The minimum atomic E-state index is -1.11. The van der Waals surface area contributed by atoms with Gasteiger partial charge in [-0.05, 0) is 24.6 Å². The third-order valence-corrected chi connectivity index (χ3v) is 4.25. The van der Waals surface area contributed by atoms with Crippen molar-refractivity contribution in [2.45, 2.75) is 85.0 Å². The number of unbranched alkanes of at least 4 members (excludes halogenated alkanes) is 9. The Labute approximate surface area is 152 Å². The molecule has 0 aliphatic rings. The van der Waals surface area contributed by atoms with Crippen molar-refractivity contribution in [2.24, 2.45) is 0 Å². The highest BCUT2D eigenvalue weighted by Crippen LogP contribution is 2.13. The molecule has 1 aromatic rings. The van der Waals surface area contributed by atoms with Gasteiger partial charge >= 0.3 is 11.9 Å². The van der Waals surface area contributed by atoms with Crippen LogP contribution in [0, 0.1) is 6.92 Å². The minimum Gasteiger partial charge on any atom is -0.478 e. The Morgan fingerprint density at radius 2 is 1.04 bits per heavy atom. The van der Waals surface area contributed by atoms with Gasteiger partial charge in [-0.2, -0.15) is 0 Å². The van der Waals surface area contributed by atoms with Crippen LogP contribution in [-0.4, -0.2) is 22.2 Å². The lowest BCUT2D eigenvalue weighted by molar-refractivity contribution is 0.0696. The lowest BCUT2D eigenvalue weighted by Crippen LogP contribution is -2.06. The molecule has 1 aromatic carbocycles. The van der Waals surface area contributed by atoms with Gasteiger partial charge in [0.15, 0.2) is 0 Å². The number of carbonyl (C=O) groups is 2. The standard InChI is InChI=1S/C12H26.C9H8O4/c1-3-5-7-9-11-12-10-8-6-4-2;1-5-6(8(10)11)3-2-4-7(5)9(12)13/h3-12H2,1-2H3;2-4H,1H3,(H,10,11)(H,12,13). The van der Waals surface area contributed by atoms with Crippen LogP contribution in [0.15, 0.2) is 18.2 Å². The molecule has 0 aliphatic heterocycles. The fraction of sp³-hybridized carbons (Fsp3) is 0.619. The second kappa shape index (κ2) is 14.5. The summed E-state index contributed by atoms with van der Waals surface area (Å²) in [5.74, 6) is -2.22. The molecule has 1 rings (SSSR count). The Hall–Kier alpha value is -1.84. The fourth-order valence-corrected chi connectivity index (χ4v) is 2.66. The van der Waals surface area contributed by atoms with Gasteiger partial charge in [0.1, 0.15) is 0 Å². The molecule has 25 heavy (non-hydrogen) atoms. The van der Waals surface area contributed by atoms with Crippen LogP contribution in [0.25, 0.3) is 0 Å². The molecule has 0 atom stereocenters. The predicted octanol–water partition coefficient (Wildman–Crippen LogP) is 6.32. The Morgan fingerprint density at radius 3 is 1.32 bits per heavy atom. The van der Waals surface area contributed by atoms with Crippen molar-refractivity contribution in [1.82, 2.24) is 0 Å². The van der Waals surface area contributed by atoms with Crippen LogP contribution in [0.2, 0.25) is 0 Å². The Bertz CT molecular complexity index is 466. The molecule has 0 saturated heterocycles. The molecule has 0 amide bonds. The summed E-state index contributed by atoms with van der Waals surface area (Å²) in [6.07, 6.45) is 14.4. The van der Waals surface area contributed by atoms with Crippen LogP contribution in [0.5, 0.6) is 0 Å². The number of hydrogen-bond acceptors (Lipinski definition) is 2. The van der Waals surface area contributed by atoms with E-state index in [0.717, 1.165) is 0 Å². The van der Waals surface area contributed by atoms with E-state index >= 15 is 0 Å². The summed E-state index contributed by atoms with van der Waals surface area (Å²) in [6.45, 7) is 6.04. The first-order valence-electron chi connectivity index (χ1n) is 9.51. The zero-order chi connectivity index (χ0) is 19.1. The second-order valence-corrected chi connectivity index (χ2v) is 6.42. The monoisotopic (exact) mass is 350 g/mol. The van der Waals surface area contributed by atoms with Crippen LogP contribution >= 0.6 is 0 Å². The maximum absolute atomic E-state index is 10.6. The van der Waals surface area contributed by atoms with Gasteiger partial charge in [-0.3, -0.25) is 0 Å². The molecular weight excluding hydrogens is 316 g/mol. The van der Waals surface area contributed by atoms with E-state index in [1.54, 1.807) is 0 Å². The number of aromatic carboxylic acids is 2. The molecule has 0 heterocycles. The van der Waals surface area contributed by atoms with Crippen LogP contribution in [0.4, 0.5) is 0 Å². The highest BCUT2D eigenvalue weighted by Gasteiger charge is 2.13. The molecule has 2 N–H and O–H groups in total. The lowest BCUT2D eigenvalue weighted by Gasteiger charge is -2.03. The summed E-state index contributed by atoms with van der Waals surface area (Å²) < 4.78 is 0. The first-order chi connectivity index (χ1) is 12.0. The van der Waals surface area contributed by atoms with E-state index in [-0.39, 0.29) is 16.7 Å². The van der Waals surface area contributed by atoms with E-state index in [9.17, 15) is 9.59 Å². The number of benzene rings is 1. The van der Waals surface area contributed by atoms with E-state index in [4.69, 9.17) is 10.2 Å². The summed E-state index contributed by atoms with van der Waals surface area (Å²) in [6, 6.07) is 4.17. The molecule has 0 aromatic heterocycles. The quantitative estimate of drug-likeness (QED) is 0.458.